The fourth-order valence-electron chi connectivity index (χ4n) is 2.70. The molecular formula is C20H27N5O8. The number of nitrogens with zero attached hydrogens (tertiary/aromatic N) is 1. The number of non-ortho nitro benzene ring substituents is 1. The Labute approximate surface area is 189 Å². The van der Waals surface area contributed by atoms with Crippen molar-refractivity contribution >= 4 is 41.0 Å². The summed E-state index contributed by atoms with van der Waals surface area (Å²) in [5.41, 5.74) is -0.0430. The minimum atomic E-state index is -1.49. The summed E-state index contributed by atoms with van der Waals surface area (Å²) in [6.45, 7) is 6.00. The van der Waals surface area contributed by atoms with E-state index in [0.717, 1.165) is 12.1 Å². The van der Waals surface area contributed by atoms with Gasteiger partial charge in [0.15, 0.2) is 0 Å². The molecule has 180 valence electrons. The van der Waals surface area contributed by atoms with Crippen LogP contribution in [0.3, 0.4) is 0 Å². The van der Waals surface area contributed by atoms with Gasteiger partial charge in [0.2, 0.25) is 23.6 Å². The molecule has 0 spiro atoms. The van der Waals surface area contributed by atoms with E-state index in [1.807, 2.05) is 0 Å². The standard InChI is InChI=1S/C20H27N5O8/c1-10(2)17(22-12(4)26)20(31)21-11(3)18(29)24-15(9-16(27)28)19(30)23-13-5-7-14(8-6-13)25(32)33/h5-8,10-11,15,17H,9H2,1-4H3,(H,21,31)(H,22,26)(H,23,30)(H,24,29)(H,27,28)/t11-,15-,17-/m0/s1. The number of hydrogen-bond donors (Lipinski definition) is 5. The van der Waals surface area contributed by atoms with Gasteiger partial charge in [-0.3, -0.25) is 34.1 Å². The molecular weight excluding hydrogens is 438 g/mol. The lowest BCUT2D eigenvalue weighted by molar-refractivity contribution is -0.384. The number of carbonyl (C=O) groups is 5. The van der Waals surface area contributed by atoms with Gasteiger partial charge in [-0.1, -0.05) is 13.8 Å². The van der Waals surface area contributed by atoms with Gasteiger partial charge in [0.05, 0.1) is 11.3 Å². The van der Waals surface area contributed by atoms with Gasteiger partial charge < -0.3 is 26.4 Å². The lowest BCUT2D eigenvalue weighted by Crippen LogP contribution is -2.56. The summed E-state index contributed by atoms with van der Waals surface area (Å²) in [5.74, 6) is -4.36. The summed E-state index contributed by atoms with van der Waals surface area (Å²) >= 11 is 0. The normalized spacial score (nSPS) is 13.2. The van der Waals surface area contributed by atoms with Crippen LogP contribution in [0, 0.1) is 16.0 Å². The van der Waals surface area contributed by atoms with Crippen LogP contribution in [-0.4, -0.2) is 57.8 Å². The van der Waals surface area contributed by atoms with Crippen molar-refractivity contribution < 1.29 is 34.0 Å². The maximum absolute atomic E-state index is 12.5. The fraction of sp³-hybridized carbons (Fsp3) is 0.450. The van der Waals surface area contributed by atoms with Gasteiger partial charge in [0, 0.05) is 24.7 Å². The first-order chi connectivity index (χ1) is 15.3. The number of nitro groups is 1. The van der Waals surface area contributed by atoms with E-state index in [4.69, 9.17) is 5.11 Å². The maximum Gasteiger partial charge on any atom is 0.305 e. The van der Waals surface area contributed by atoms with Gasteiger partial charge in [0.1, 0.15) is 18.1 Å². The number of amides is 4. The Morgan fingerprint density at radius 3 is 1.97 bits per heavy atom. The molecule has 0 radical (unpaired) electrons. The maximum atomic E-state index is 12.5. The molecule has 1 rings (SSSR count). The second-order valence-corrected chi connectivity index (χ2v) is 7.60. The molecule has 0 saturated carbocycles. The van der Waals surface area contributed by atoms with E-state index in [1.54, 1.807) is 13.8 Å². The summed E-state index contributed by atoms with van der Waals surface area (Å²) in [5, 5.41) is 29.4. The van der Waals surface area contributed by atoms with Crippen molar-refractivity contribution in [1.82, 2.24) is 16.0 Å². The Balaban J connectivity index is 2.85. The van der Waals surface area contributed by atoms with Gasteiger partial charge >= 0.3 is 5.97 Å². The average Bonchev–Trinajstić information content (AvgIpc) is 2.70. The van der Waals surface area contributed by atoms with E-state index in [-0.39, 0.29) is 17.3 Å². The largest absolute Gasteiger partial charge is 0.481 e. The first-order valence-corrected chi connectivity index (χ1v) is 9.96. The highest BCUT2D eigenvalue weighted by Crippen LogP contribution is 2.16. The quantitative estimate of drug-likeness (QED) is 0.225. The molecule has 13 nitrogen and oxygen atoms in total. The number of nitrogens with one attached hydrogen (secondary N) is 4. The average molecular weight is 465 g/mol. The molecule has 0 aromatic heterocycles. The molecule has 0 unspecified atom stereocenters. The molecule has 1 aromatic carbocycles. The van der Waals surface area contributed by atoms with Gasteiger partial charge in [-0.05, 0) is 25.0 Å². The smallest absolute Gasteiger partial charge is 0.305 e. The van der Waals surface area contributed by atoms with Crippen molar-refractivity contribution in [3.8, 4) is 0 Å². The molecule has 5 N–H and O–H groups in total. The van der Waals surface area contributed by atoms with E-state index in [1.165, 1.54) is 26.0 Å². The zero-order valence-electron chi connectivity index (χ0n) is 18.6. The first-order valence-electron chi connectivity index (χ1n) is 9.96. The molecule has 3 atom stereocenters. The summed E-state index contributed by atoms with van der Waals surface area (Å²) in [6.07, 6.45) is -0.744. The predicted molar refractivity (Wildman–Crippen MR) is 116 cm³/mol. The fourth-order valence-corrected chi connectivity index (χ4v) is 2.70. The highest BCUT2D eigenvalue weighted by Gasteiger charge is 2.29. The third-order valence-electron chi connectivity index (χ3n) is 4.42. The predicted octanol–water partition coefficient (Wildman–Crippen LogP) is 0.158. The Morgan fingerprint density at radius 2 is 1.52 bits per heavy atom. The number of carboxylic acid groups (broad SMARTS) is 1. The monoisotopic (exact) mass is 465 g/mol. The van der Waals surface area contributed by atoms with Crippen molar-refractivity contribution in [1.29, 1.82) is 0 Å². The van der Waals surface area contributed by atoms with Gasteiger partial charge in [-0.2, -0.15) is 0 Å². The number of rotatable bonds is 11. The minimum absolute atomic E-state index is 0.159. The molecule has 1 aromatic rings. The molecule has 0 heterocycles. The summed E-state index contributed by atoms with van der Waals surface area (Å²) in [4.78, 5) is 70.0. The minimum Gasteiger partial charge on any atom is -0.481 e. The zero-order valence-corrected chi connectivity index (χ0v) is 18.6. The van der Waals surface area contributed by atoms with E-state index >= 15 is 0 Å². The topological polar surface area (TPSA) is 197 Å². The number of hydrogen-bond acceptors (Lipinski definition) is 7. The SMILES string of the molecule is CC(=O)N[C@H](C(=O)N[C@@H](C)C(=O)N[C@@H](CC(=O)O)C(=O)Nc1ccc([N+](=O)[O-])cc1)C(C)C. The molecule has 0 aliphatic heterocycles. The van der Waals surface area contributed by atoms with Gasteiger partial charge in [-0.15, -0.1) is 0 Å². The molecule has 13 heteroatoms. The third kappa shape index (κ3) is 8.93. The Hall–Kier alpha value is -4.03. The second kappa shape index (κ2) is 12.1. The molecule has 33 heavy (non-hydrogen) atoms. The van der Waals surface area contributed by atoms with Crippen LogP contribution in [-0.2, 0) is 24.0 Å². The first kappa shape index (κ1) is 27.0. The van der Waals surface area contributed by atoms with E-state index in [0.29, 0.717) is 0 Å². The highest BCUT2D eigenvalue weighted by atomic mass is 16.6. The Morgan fingerprint density at radius 1 is 0.939 bits per heavy atom. The van der Waals surface area contributed by atoms with Crippen LogP contribution < -0.4 is 21.3 Å². The van der Waals surface area contributed by atoms with E-state index < -0.39 is 59.1 Å². The third-order valence-corrected chi connectivity index (χ3v) is 4.42. The molecule has 0 fully saturated rings. The number of nitro benzene ring substituents is 1. The van der Waals surface area contributed by atoms with E-state index in [9.17, 15) is 34.1 Å². The lowest BCUT2D eigenvalue weighted by atomic mass is 10.0. The zero-order chi connectivity index (χ0) is 25.3. The van der Waals surface area contributed by atoms with Crippen molar-refractivity contribution in [2.45, 2.75) is 52.2 Å². The molecule has 0 saturated heterocycles. The van der Waals surface area contributed by atoms with Crippen LogP contribution in [0.5, 0.6) is 0 Å². The number of anilines is 1. The van der Waals surface area contributed by atoms with Crippen molar-refractivity contribution in [3.05, 3.63) is 34.4 Å². The second-order valence-electron chi connectivity index (χ2n) is 7.60. The number of carbonyl (C=O) groups excluding carboxylic acids is 4. The lowest BCUT2D eigenvalue weighted by Gasteiger charge is -2.24. The number of benzene rings is 1. The van der Waals surface area contributed by atoms with Crippen LogP contribution in [0.4, 0.5) is 11.4 Å². The van der Waals surface area contributed by atoms with Crippen molar-refractivity contribution in [3.63, 3.8) is 0 Å². The summed E-state index contributed by atoms with van der Waals surface area (Å²) < 4.78 is 0. The van der Waals surface area contributed by atoms with Gasteiger partial charge in [0.25, 0.3) is 5.69 Å². The Kier molecular flexibility index (Phi) is 9.92. The van der Waals surface area contributed by atoms with Crippen LogP contribution in [0.25, 0.3) is 0 Å². The van der Waals surface area contributed by atoms with Gasteiger partial charge in [-0.25, -0.2) is 0 Å². The summed E-state index contributed by atoms with van der Waals surface area (Å²) in [7, 11) is 0. The molecule has 0 aliphatic rings. The van der Waals surface area contributed by atoms with Crippen LogP contribution in [0.15, 0.2) is 24.3 Å². The van der Waals surface area contributed by atoms with Crippen molar-refractivity contribution in [2.24, 2.45) is 5.92 Å². The summed E-state index contributed by atoms with van der Waals surface area (Å²) in [6, 6.07) is 1.30. The van der Waals surface area contributed by atoms with Crippen LogP contribution in [0.1, 0.15) is 34.1 Å². The van der Waals surface area contributed by atoms with E-state index in [2.05, 4.69) is 21.3 Å². The number of carboxylic acids is 1. The Bertz CT molecular complexity index is 916. The van der Waals surface area contributed by atoms with Crippen LogP contribution >= 0.6 is 0 Å². The molecule has 0 aliphatic carbocycles. The molecule has 4 amide bonds. The molecule has 0 bridgehead atoms. The highest BCUT2D eigenvalue weighted by molar-refractivity contribution is 6.00. The van der Waals surface area contributed by atoms with Crippen molar-refractivity contribution in [2.75, 3.05) is 5.32 Å². The van der Waals surface area contributed by atoms with Crippen LogP contribution in [0.2, 0.25) is 0 Å². The number of aliphatic carboxylic acids is 1.